The Labute approximate surface area is 107 Å². The molecule has 0 spiro atoms. The average Bonchev–Trinajstić information content (AvgIpc) is 2.34. The summed E-state index contributed by atoms with van der Waals surface area (Å²) >= 11 is 0. The molecule has 0 fully saturated rings. The fourth-order valence-corrected chi connectivity index (χ4v) is 1.83. The van der Waals surface area contributed by atoms with Crippen LogP contribution in [0.15, 0.2) is 36.7 Å². The van der Waals surface area contributed by atoms with E-state index in [0.29, 0.717) is 17.7 Å². The number of hydrogen-bond donors (Lipinski definition) is 1. The monoisotopic (exact) mass is 240 g/mol. The molecule has 18 heavy (non-hydrogen) atoms. The molecule has 0 radical (unpaired) electrons. The summed E-state index contributed by atoms with van der Waals surface area (Å²) in [6.07, 6.45) is 3.47. The number of aromatic nitrogens is 1. The number of rotatable bonds is 3. The van der Waals surface area contributed by atoms with Gasteiger partial charge in [-0.05, 0) is 36.6 Å². The molecule has 2 aromatic rings. The van der Waals surface area contributed by atoms with Crippen LogP contribution in [-0.2, 0) is 6.42 Å². The number of anilines is 1. The van der Waals surface area contributed by atoms with Gasteiger partial charge in [0.2, 0.25) is 0 Å². The van der Waals surface area contributed by atoms with Crippen LogP contribution in [0.5, 0.6) is 0 Å². The molecule has 0 aliphatic carbocycles. The second-order valence-corrected chi connectivity index (χ2v) is 4.48. The normalized spacial score (nSPS) is 10.3. The van der Waals surface area contributed by atoms with Crippen LogP contribution in [0, 0.1) is 13.8 Å². The Bertz CT molecular complexity index is 591. The molecule has 0 saturated heterocycles. The number of nitrogen functional groups attached to an aromatic ring is 1. The largest absolute Gasteiger partial charge is 0.398 e. The third-order valence-electron chi connectivity index (χ3n) is 3.09. The van der Waals surface area contributed by atoms with Gasteiger partial charge in [0, 0.05) is 24.5 Å². The smallest absolute Gasteiger partial charge is 0.170 e. The SMILES string of the molecule is Cc1ccc(CC(=O)c2cnccc2N)cc1C. The van der Waals surface area contributed by atoms with E-state index in [4.69, 9.17) is 5.73 Å². The van der Waals surface area contributed by atoms with E-state index in [2.05, 4.69) is 11.9 Å². The molecule has 3 heteroatoms. The summed E-state index contributed by atoms with van der Waals surface area (Å²) < 4.78 is 0. The van der Waals surface area contributed by atoms with Crippen molar-refractivity contribution in [1.82, 2.24) is 4.98 Å². The van der Waals surface area contributed by atoms with Gasteiger partial charge in [-0.25, -0.2) is 0 Å². The molecule has 2 N–H and O–H groups in total. The second kappa shape index (κ2) is 5.00. The molecule has 0 aliphatic heterocycles. The molecule has 2 rings (SSSR count). The molecule has 1 heterocycles. The molecule has 1 aromatic heterocycles. The number of benzene rings is 1. The fraction of sp³-hybridized carbons (Fsp3) is 0.200. The van der Waals surface area contributed by atoms with E-state index in [1.165, 1.54) is 17.3 Å². The van der Waals surface area contributed by atoms with Crippen molar-refractivity contribution in [1.29, 1.82) is 0 Å². The van der Waals surface area contributed by atoms with E-state index in [0.717, 1.165) is 5.56 Å². The van der Waals surface area contributed by atoms with Crippen molar-refractivity contribution in [3.05, 3.63) is 58.9 Å². The summed E-state index contributed by atoms with van der Waals surface area (Å²) in [5.74, 6) is 0.00357. The molecular formula is C15H16N2O. The van der Waals surface area contributed by atoms with Gasteiger partial charge in [-0.3, -0.25) is 9.78 Å². The molecule has 0 bridgehead atoms. The standard InChI is InChI=1S/C15H16N2O/c1-10-3-4-12(7-11(10)2)8-15(18)13-9-17-6-5-14(13)16/h3-7,9H,8H2,1-2H3,(H2,16,17). The van der Waals surface area contributed by atoms with Crippen molar-refractivity contribution in [2.24, 2.45) is 0 Å². The summed E-state index contributed by atoms with van der Waals surface area (Å²) in [5, 5.41) is 0. The molecule has 0 unspecified atom stereocenters. The number of pyridine rings is 1. The predicted octanol–water partition coefficient (Wildman–Crippen LogP) is 2.71. The van der Waals surface area contributed by atoms with Gasteiger partial charge in [0.1, 0.15) is 0 Å². The quantitative estimate of drug-likeness (QED) is 0.839. The van der Waals surface area contributed by atoms with Crippen LogP contribution in [0.3, 0.4) is 0 Å². The maximum Gasteiger partial charge on any atom is 0.170 e. The Hall–Kier alpha value is -2.16. The highest BCUT2D eigenvalue weighted by atomic mass is 16.1. The first-order valence-corrected chi connectivity index (χ1v) is 5.87. The van der Waals surface area contributed by atoms with E-state index in [9.17, 15) is 4.79 Å². The molecule has 0 atom stereocenters. The van der Waals surface area contributed by atoms with E-state index in [1.54, 1.807) is 12.3 Å². The topological polar surface area (TPSA) is 56.0 Å². The van der Waals surface area contributed by atoms with Crippen molar-refractivity contribution in [3.8, 4) is 0 Å². The number of nitrogens with zero attached hydrogens (tertiary/aromatic N) is 1. The Balaban J connectivity index is 2.22. The van der Waals surface area contributed by atoms with E-state index >= 15 is 0 Å². The lowest BCUT2D eigenvalue weighted by Gasteiger charge is -2.06. The van der Waals surface area contributed by atoms with E-state index in [1.807, 2.05) is 25.1 Å². The Morgan fingerprint density at radius 2 is 2.00 bits per heavy atom. The Kier molecular flexibility index (Phi) is 3.42. The summed E-state index contributed by atoms with van der Waals surface area (Å²) in [6.45, 7) is 4.10. The van der Waals surface area contributed by atoms with Gasteiger partial charge in [0.25, 0.3) is 0 Å². The highest BCUT2D eigenvalue weighted by Crippen LogP contribution is 2.15. The van der Waals surface area contributed by atoms with Gasteiger partial charge in [0.15, 0.2) is 5.78 Å². The van der Waals surface area contributed by atoms with Gasteiger partial charge in [0.05, 0.1) is 5.56 Å². The van der Waals surface area contributed by atoms with E-state index < -0.39 is 0 Å². The van der Waals surface area contributed by atoms with Gasteiger partial charge >= 0.3 is 0 Å². The minimum Gasteiger partial charge on any atom is -0.398 e. The summed E-state index contributed by atoms with van der Waals surface area (Å²) in [6, 6.07) is 7.70. The Morgan fingerprint density at radius 1 is 1.22 bits per heavy atom. The van der Waals surface area contributed by atoms with Crippen molar-refractivity contribution in [3.63, 3.8) is 0 Å². The van der Waals surface area contributed by atoms with Gasteiger partial charge in [-0.2, -0.15) is 0 Å². The number of hydrogen-bond acceptors (Lipinski definition) is 3. The zero-order chi connectivity index (χ0) is 13.1. The molecule has 3 nitrogen and oxygen atoms in total. The van der Waals surface area contributed by atoms with Gasteiger partial charge < -0.3 is 5.73 Å². The molecule has 0 aliphatic rings. The summed E-state index contributed by atoms with van der Waals surface area (Å²) in [4.78, 5) is 16.1. The lowest BCUT2D eigenvalue weighted by Crippen LogP contribution is -2.07. The third-order valence-corrected chi connectivity index (χ3v) is 3.09. The van der Waals surface area contributed by atoms with Crippen LogP contribution in [-0.4, -0.2) is 10.8 Å². The predicted molar refractivity (Wildman–Crippen MR) is 72.6 cm³/mol. The highest BCUT2D eigenvalue weighted by molar-refractivity contribution is 6.01. The number of ketones is 1. The van der Waals surface area contributed by atoms with Gasteiger partial charge in [-0.1, -0.05) is 18.2 Å². The van der Waals surface area contributed by atoms with Crippen LogP contribution in [0.4, 0.5) is 5.69 Å². The number of aryl methyl sites for hydroxylation is 2. The zero-order valence-electron chi connectivity index (χ0n) is 10.6. The van der Waals surface area contributed by atoms with Crippen LogP contribution in [0.1, 0.15) is 27.0 Å². The van der Waals surface area contributed by atoms with Crippen molar-refractivity contribution in [2.75, 3.05) is 5.73 Å². The minimum atomic E-state index is 0.00357. The number of nitrogens with two attached hydrogens (primary N) is 1. The lowest BCUT2D eigenvalue weighted by atomic mass is 10.00. The lowest BCUT2D eigenvalue weighted by molar-refractivity contribution is 0.0993. The summed E-state index contributed by atoms with van der Waals surface area (Å²) in [7, 11) is 0. The minimum absolute atomic E-state index is 0.00357. The van der Waals surface area contributed by atoms with Crippen LogP contribution >= 0.6 is 0 Å². The molecule has 0 amide bonds. The number of carbonyl (C=O) groups excluding carboxylic acids is 1. The second-order valence-electron chi connectivity index (χ2n) is 4.48. The third kappa shape index (κ3) is 2.56. The van der Waals surface area contributed by atoms with Crippen LogP contribution < -0.4 is 5.73 Å². The van der Waals surface area contributed by atoms with Gasteiger partial charge in [-0.15, -0.1) is 0 Å². The number of carbonyl (C=O) groups is 1. The fourth-order valence-electron chi connectivity index (χ4n) is 1.83. The van der Waals surface area contributed by atoms with Crippen LogP contribution in [0.25, 0.3) is 0 Å². The average molecular weight is 240 g/mol. The number of Topliss-reactive ketones (excluding diaryl/α,β-unsaturated/α-hetero) is 1. The van der Waals surface area contributed by atoms with Crippen molar-refractivity contribution < 1.29 is 4.79 Å². The zero-order valence-corrected chi connectivity index (χ0v) is 10.6. The first kappa shape index (κ1) is 12.3. The van der Waals surface area contributed by atoms with Crippen molar-refractivity contribution in [2.45, 2.75) is 20.3 Å². The molecule has 0 saturated carbocycles. The van der Waals surface area contributed by atoms with Crippen molar-refractivity contribution >= 4 is 11.5 Å². The maximum absolute atomic E-state index is 12.1. The molecular weight excluding hydrogens is 224 g/mol. The van der Waals surface area contributed by atoms with Crippen LogP contribution in [0.2, 0.25) is 0 Å². The molecule has 92 valence electrons. The first-order valence-electron chi connectivity index (χ1n) is 5.87. The van der Waals surface area contributed by atoms with E-state index in [-0.39, 0.29) is 5.78 Å². The Morgan fingerprint density at radius 3 is 2.67 bits per heavy atom. The highest BCUT2D eigenvalue weighted by Gasteiger charge is 2.10. The summed E-state index contributed by atoms with van der Waals surface area (Å²) in [5.41, 5.74) is 10.2. The first-order chi connectivity index (χ1) is 8.58. The molecule has 1 aromatic carbocycles. The maximum atomic E-state index is 12.1.